The van der Waals surface area contributed by atoms with Gasteiger partial charge < -0.3 is 9.84 Å². The molecule has 6 atom stereocenters. The van der Waals surface area contributed by atoms with Gasteiger partial charge in [-0.05, 0) is 31.6 Å². The lowest BCUT2D eigenvalue weighted by Crippen LogP contribution is -2.46. The predicted octanol–water partition coefficient (Wildman–Crippen LogP) is 1.47. The summed E-state index contributed by atoms with van der Waals surface area (Å²) < 4.78 is 5.33. The third kappa shape index (κ3) is 1.49. The molecule has 0 aromatic heterocycles. The molecule has 1 saturated heterocycles. The van der Waals surface area contributed by atoms with E-state index in [0.717, 1.165) is 6.42 Å². The number of ketones is 1. The molecule has 19 heavy (non-hydrogen) atoms. The lowest BCUT2D eigenvalue weighted by Gasteiger charge is -2.37. The van der Waals surface area contributed by atoms with Crippen LogP contribution in [0.2, 0.25) is 0 Å². The summed E-state index contributed by atoms with van der Waals surface area (Å²) in [7, 11) is 0. The average Bonchev–Trinajstić information content (AvgIpc) is 2.77. The minimum Gasteiger partial charge on any atom is -0.458 e. The number of rotatable bonds is 0. The minimum absolute atomic E-state index is 0.115. The van der Waals surface area contributed by atoms with Crippen molar-refractivity contribution in [3.05, 3.63) is 12.2 Å². The van der Waals surface area contributed by atoms with Gasteiger partial charge in [-0.3, -0.25) is 4.79 Å². The molecule has 3 fully saturated rings. The van der Waals surface area contributed by atoms with Crippen molar-refractivity contribution in [2.24, 2.45) is 23.2 Å². The molecule has 1 heterocycles. The van der Waals surface area contributed by atoms with E-state index in [4.69, 9.17) is 4.74 Å². The second kappa shape index (κ2) is 3.92. The summed E-state index contributed by atoms with van der Waals surface area (Å²) in [5.74, 6) is -0.294. The number of carbonyl (C=O) groups excluding carboxylic acids is 2. The molecule has 0 radical (unpaired) electrons. The molecular formula is C15H20O4. The fourth-order valence-corrected chi connectivity index (χ4v) is 4.46. The number of fused-ring (bicyclic) bond motifs is 2. The average molecular weight is 264 g/mol. The molecule has 0 amide bonds. The van der Waals surface area contributed by atoms with Crippen molar-refractivity contribution in [1.82, 2.24) is 0 Å². The van der Waals surface area contributed by atoms with E-state index in [0.29, 0.717) is 18.4 Å². The normalized spacial score (nSPS) is 49.6. The standard InChI is InChI=1S/C15H20O4/c1-7-6-10-12(8(2)14(18)19-10)13(17)15(3)9(7)4-5-11(15)16/h7,9-10,12-13,17H,2,4-6H2,1,3H3/t7-,9+,10-,12-,13+,15+/m1/s1. The van der Waals surface area contributed by atoms with Crippen molar-refractivity contribution in [3.8, 4) is 0 Å². The van der Waals surface area contributed by atoms with Gasteiger partial charge in [0, 0.05) is 12.0 Å². The Morgan fingerprint density at radius 2 is 2.11 bits per heavy atom. The Morgan fingerprint density at radius 3 is 2.79 bits per heavy atom. The molecule has 2 aliphatic carbocycles. The largest absolute Gasteiger partial charge is 0.458 e. The van der Waals surface area contributed by atoms with E-state index in [2.05, 4.69) is 13.5 Å². The number of esters is 1. The maximum absolute atomic E-state index is 12.3. The fraction of sp³-hybridized carbons (Fsp3) is 0.733. The molecule has 0 aromatic rings. The summed E-state index contributed by atoms with van der Waals surface area (Å²) in [6, 6.07) is 0. The van der Waals surface area contributed by atoms with Gasteiger partial charge in [-0.15, -0.1) is 0 Å². The van der Waals surface area contributed by atoms with Gasteiger partial charge in [0.15, 0.2) is 0 Å². The molecule has 4 heteroatoms. The number of hydrogen-bond acceptors (Lipinski definition) is 4. The smallest absolute Gasteiger partial charge is 0.334 e. The molecule has 3 rings (SSSR count). The maximum Gasteiger partial charge on any atom is 0.334 e. The first-order chi connectivity index (χ1) is 8.87. The van der Waals surface area contributed by atoms with E-state index >= 15 is 0 Å². The van der Waals surface area contributed by atoms with Gasteiger partial charge in [0.2, 0.25) is 0 Å². The van der Waals surface area contributed by atoms with Crippen molar-refractivity contribution in [2.75, 3.05) is 0 Å². The molecule has 4 nitrogen and oxygen atoms in total. The SMILES string of the molecule is C=C1C(=O)O[C@@H]2C[C@@H](C)[C@@H]3CCC(=O)[C@@]3(C)[C@@H](O)[C@H]12. The fourth-order valence-electron chi connectivity index (χ4n) is 4.46. The number of aliphatic hydroxyl groups excluding tert-OH is 1. The first-order valence-corrected chi connectivity index (χ1v) is 6.98. The van der Waals surface area contributed by atoms with E-state index in [-0.39, 0.29) is 23.7 Å². The van der Waals surface area contributed by atoms with E-state index in [1.165, 1.54) is 0 Å². The van der Waals surface area contributed by atoms with Crippen LogP contribution in [0, 0.1) is 23.2 Å². The molecule has 104 valence electrons. The van der Waals surface area contributed by atoms with E-state index in [9.17, 15) is 14.7 Å². The Hall–Kier alpha value is -1.16. The van der Waals surface area contributed by atoms with E-state index in [1.54, 1.807) is 0 Å². The van der Waals surface area contributed by atoms with Crippen molar-refractivity contribution in [1.29, 1.82) is 0 Å². The molecule has 1 N–H and O–H groups in total. The number of ether oxygens (including phenoxy) is 1. The predicted molar refractivity (Wildman–Crippen MR) is 68.1 cm³/mol. The summed E-state index contributed by atoms with van der Waals surface area (Å²) in [6.07, 6.45) is 0.885. The zero-order valence-corrected chi connectivity index (χ0v) is 11.4. The van der Waals surface area contributed by atoms with Gasteiger partial charge in [-0.2, -0.15) is 0 Å². The topological polar surface area (TPSA) is 63.6 Å². The lowest BCUT2D eigenvalue weighted by atomic mass is 9.68. The van der Waals surface area contributed by atoms with Crippen molar-refractivity contribution in [3.63, 3.8) is 0 Å². The Labute approximate surface area is 112 Å². The molecule has 0 spiro atoms. The number of Topliss-reactive ketones (excluding diaryl/α,β-unsaturated/α-hetero) is 1. The Kier molecular flexibility index (Phi) is 2.65. The second-order valence-electron chi connectivity index (χ2n) is 6.50. The third-order valence-corrected chi connectivity index (χ3v) is 5.62. The van der Waals surface area contributed by atoms with Gasteiger partial charge in [-0.25, -0.2) is 4.79 Å². The third-order valence-electron chi connectivity index (χ3n) is 5.62. The van der Waals surface area contributed by atoms with Gasteiger partial charge in [-0.1, -0.05) is 13.5 Å². The molecule has 0 unspecified atom stereocenters. The van der Waals surface area contributed by atoms with Gasteiger partial charge >= 0.3 is 5.97 Å². The summed E-state index contributed by atoms with van der Waals surface area (Å²) in [6.45, 7) is 7.70. The summed E-state index contributed by atoms with van der Waals surface area (Å²) in [5.41, 5.74) is -0.429. The van der Waals surface area contributed by atoms with Crippen molar-refractivity contribution < 1.29 is 19.4 Å². The summed E-state index contributed by atoms with van der Waals surface area (Å²) in [5, 5.41) is 10.8. The Morgan fingerprint density at radius 1 is 1.42 bits per heavy atom. The highest BCUT2D eigenvalue weighted by molar-refractivity contribution is 5.92. The second-order valence-corrected chi connectivity index (χ2v) is 6.50. The molecule has 3 aliphatic rings. The van der Waals surface area contributed by atoms with Crippen LogP contribution < -0.4 is 0 Å². The highest BCUT2D eigenvalue weighted by Gasteiger charge is 2.61. The van der Waals surface area contributed by atoms with Gasteiger partial charge in [0.1, 0.15) is 11.9 Å². The highest BCUT2D eigenvalue weighted by Crippen LogP contribution is 2.55. The van der Waals surface area contributed by atoms with Gasteiger partial charge in [0.05, 0.1) is 17.4 Å². The number of carbonyl (C=O) groups is 2. The zero-order chi connectivity index (χ0) is 13.9. The Balaban J connectivity index is 2.07. The first kappa shape index (κ1) is 12.9. The van der Waals surface area contributed by atoms with Crippen LogP contribution in [-0.4, -0.2) is 29.1 Å². The number of hydrogen-bond donors (Lipinski definition) is 1. The quantitative estimate of drug-likeness (QED) is 0.531. The van der Waals surface area contributed by atoms with Crippen LogP contribution in [-0.2, 0) is 14.3 Å². The molecule has 0 aromatic carbocycles. The summed E-state index contributed by atoms with van der Waals surface area (Å²) >= 11 is 0. The van der Waals surface area contributed by atoms with Crippen LogP contribution in [0.25, 0.3) is 0 Å². The van der Waals surface area contributed by atoms with Gasteiger partial charge in [0.25, 0.3) is 0 Å². The summed E-state index contributed by atoms with van der Waals surface area (Å²) in [4.78, 5) is 24.0. The van der Waals surface area contributed by atoms with Crippen LogP contribution in [0.4, 0.5) is 0 Å². The highest BCUT2D eigenvalue weighted by atomic mass is 16.6. The van der Waals surface area contributed by atoms with Crippen LogP contribution in [0.1, 0.15) is 33.1 Å². The molecule has 0 bridgehead atoms. The maximum atomic E-state index is 12.3. The van der Waals surface area contributed by atoms with Crippen LogP contribution in [0.5, 0.6) is 0 Å². The monoisotopic (exact) mass is 264 g/mol. The van der Waals surface area contributed by atoms with Crippen molar-refractivity contribution >= 4 is 11.8 Å². The Bertz CT molecular complexity index is 469. The first-order valence-electron chi connectivity index (χ1n) is 6.98. The van der Waals surface area contributed by atoms with Crippen molar-refractivity contribution in [2.45, 2.75) is 45.3 Å². The molecule has 2 saturated carbocycles. The molecular weight excluding hydrogens is 244 g/mol. The van der Waals surface area contributed by atoms with E-state index in [1.807, 2.05) is 6.92 Å². The molecule has 1 aliphatic heterocycles. The zero-order valence-electron chi connectivity index (χ0n) is 11.4. The minimum atomic E-state index is -0.860. The van der Waals surface area contributed by atoms with Crippen LogP contribution in [0.15, 0.2) is 12.2 Å². The number of aliphatic hydroxyl groups is 1. The van der Waals surface area contributed by atoms with Crippen LogP contribution in [0.3, 0.4) is 0 Å². The lowest BCUT2D eigenvalue weighted by molar-refractivity contribution is -0.140. The van der Waals surface area contributed by atoms with Crippen LogP contribution >= 0.6 is 0 Å². The van der Waals surface area contributed by atoms with E-state index < -0.39 is 23.4 Å².